The number of halogens is 1. The maximum Gasteiger partial charge on any atom is 0.234 e. The number of primary amides is 1. The molecule has 1 atom stereocenters. The molecule has 0 bridgehead atoms. The fraction of sp³-hybridized carbons (Fsp3) is 0.692. The predicted molar refractivity (Wildman–Crippen MR) is 134 cm³/mol. The normalized spacial score (nSPS) is 19.9. The first kappa shape index (κ1) is 26.0. The van der Waals surface area contributed by atoms with Crippen molar-refractivity contribution in [1.82, 2.24) is 14.7 Å². The number of aryl methyl sites for hydroxylation is 1. The van der Waals surface area contributed by atoms with Crippen LogP contribution in [0.15, 0.2) is 24.3 Å². The molecule has 2 amide bonds. The van der Waals surface area contributed by atoms with E-state index in [1.807, 2.05) is 31.2 Å². The number of hydrogen-bond acceptors (Lipinski definition) is 4. The highest BCUT2D eigenvalue weighted by atomic mass is 35.5. The van der Waals surface area contributed by atoms with Crippen molar-refractivity contribution in [3.05, 3.63) is 34.9 Å². The summed E-state index contributed by atoms with van der Waals surface area (Å²) in [5, 5.41) is 0.728. The van der Waals surface area contributed by atoms with Gasteiger partial charge < -0.3 is 10.6 Å². The molecule has 1 aromatic carbocycles. The smallest absolute Gasteiger partial charge is 0.234 e. The van der Waals surface area contributed by atoms with Crippen LogP contribution in [-0.4, -0.2) is 77.4 Å². The summed E-state index contributed by atoms with van der Waals surface area (Å²) in [4.78, 5) is 31.3. The van der Waals surface area contributed by atoms with Crippen LogP contribution in [0.25, 0.3) is 0 Å². The van der Waals surface area contributed by atoms with Crippen molar-refractivity contribution in [3.63, 3.8) is 0 Å². The van der Waals surface area contributed by atoms with Crippen LogP contribution in [0.5, 0.6) is 0 Å². The number of amides is 2. The molecule has 0 aliphatic carbocycles. The molecule has 2 N–H and O–H groups in total. The summed E-state index contributed by atoms with van der Waals surface area (Å²) in [6.07, 6.45) is 5.54. The third-order valence-corrected chi connectivity index (χ3v) is 7.58. The minimum Gasteiger partial charge on any atom is -0.368 e. The zero-order valence-electron chi connectivity index (χ0n) is 20.5. The number of nitrogens with two attached hydrogens (primary N) is 1. The zero-order valence-corrected chi connectivity index (χ0v) is 21.3. The standard InChI is InChI=1S/C26H41ClN4O2/c1-19(2)18-31(23-10-14-29(15-11-23)20(3)26(28)33)24-12-16-30(17-13-24)25(32)9-6-21-4-7-22(27)8-5-21/h4-5,7-8,19-20,23-24H,6,9-18H2,1-3H3,(H2,28,33)/t20-/m1/s1. The molecular weight excluding hydrogens is 436 g/mol. The highest BCUT2D eigenvalue weighted by Crippen LogP contribution is 2.26. The Balaban J connectivity index is 1.50. The van der Waals surface area contributed by atoms with Crippen molar-refractivity contribution in [2.45, 2.75) is 77.4 Å². The van der Waals surface area contributed by atoms with Crippen molar-refractivity contribution < 1.29 is 9.59 Å². The Morgan fingerprint density at radius 1 is 1.00 bits per heavy atom. The summed E-state index contributed by atoms with van der Waals surface area (Å²) in [5.41, 5.74) is 6.67. The molecule has 184 valence electrons. The van der Waals surface area contributed by atoms with E-state index in [1.165, 1.54) is 0 Å². The predicted octanol–water partition coefficient (Wildman–Crippen LogP) is 3.56. The highest BCUT2D eigenvalue weighted by Gasteiger charge is 2.34. The molecule has 0 saturated carbocycles. The molecule has 1 aromatic rings. The van der Waals surface area contributed by atoms with E-state index in [0.29, 0.717) is 24.4 Å². The number of rotatable bonds is 9. The lowest BCUT2D eigenvalue weighted by atomic mass is 9.94. The van der Waals surface area contributed by atoms with Gasteiger partial charge in [0.15, 0.2) is 0 Å². The van der Waals surface area contributed by atoms with Crippen molar-refractivity contribution in [3.8, 4) is 0 Å². The van der Waals surface area contributed by atoms with Crippen LogP contribution in [0, 0.1) is 5.92 Å². The number of carbonyl (C=O) groups is 2. The molecule has 0 radical (unpaired) electrons. The lowest BCUT2D eigenvalue weighted by molar-refractivity contribution is -0.133. The van der Waals surface area contributed by atoms with Crippen molar-refractivity contribution in [1.29, 1.82) is 0 Å². The summed E-state index contributed by atoms with van der Waals surface area (Å²) in [7, 11) is 0. The van der Waals surface area contributed by atoms with Crippen LogP contribution in [0.1, 0.15) is 58.4 Å². The zero-order chi connectivity index (χ0) is 24.0. The Bertz CT molecular complexity index is 769. The molecule has 6 nitrogen and oxygen atoms in total. The average molecular weight is 477 g/mol. The molecule has 2 aliphatic rings. The third kappa shape index (κ3) is 7.43. The van der Waals surface area contributed by atoms with Crippen LogP contribution in [0.4, 0.5) is 0 Å². The lowest BCUT2D eigenvalue weighted by Crippen LogP contribution is -2.55. The van der Waals surface area contributed by atoms with Gasteiger partial charge in [-0.15, -0.1) is 0 Å². The topological polar surface area (TPSA) is 69.9 Å². The Hall–Kier alpha value is -1.63. The van der Waals surface area contributed by atoms with E-state index in [4.69, 9.17) is 17.3 Å². The molecule has 0 aromatic heterocycles. The fourth-order valence-corrected chi connectivity index (χ4v) is 5.44. The first-order chi connectivity index (χ1) is 15.7. The van der Waals surface area contributed by atoms with Gasteiger partial charge in [0.2, 0.25) is 11.8 Å². The maximum absolute atomic E-state index is 12.8. The first-order valence-electron chi connectivity index (χ1n) is 12.6. The number of hydrogen-bond donors (Lipinski definition) is 1. The van der Waals surface area contributed by atoms with Gasteiger partial charge in [-0.3, -0.25) is 19.4 Å². The third-order valence-electron chi connectivity index (χ3n) is 7.33. The molecule has 2 fully saturated rings. The van der Waals surface area contributed by atoms with Crippen LogP contribution < -0.4 is 5.73 Å². The van der Waals surface area contributed by atoms with Crippen molar-refractivity contribution in [2.24, 2.45) is 11.7 Å². The van der Waals surface area contributed by atoms with Crippen LogP contribution >= 0.6 is 11.6 Å². The van der Waals surface area contributed by atoms with E-state index >= 15 is 0 Å². The van der Waals surface area contributed by atoms with Gasteiger partial charge in [-0.1, -0.05) is 37.6 Å². The molecule has 0 spiro atoms. The van der Waals surface area contributed by atoms with Gasteiger partial charge >= 0.3 is 0 Å². The van der Waals surface area contributed by atoms with E-state index in [0.717, 1.165) is 75.4 Å². The van der Waals surface area contributed by atoms with Crippen LogP contribution in [0.3, 0.4) is 0 Å². The number of likely N-dealkylation sites (tertiary alicyclic amines) is 2. The van der Waals surface area contributed by atoms with Gasteiger partial charge in [0.25, 0.3) is 0 Å². The largest absolute Gasteiger partial charge is 0.368 e. The Labute approximate surface area is 204 Å². The molecule has 33 heavy (non-hydrogen) atoms. The first-order valence-corrected chi connectivity index (χ1v) is 12.9. The van der Waals surface area contributed by atoms with E-state index in [1.54, 1.807) is 0 Å². The van der Waals surface area contributed by atoms with Gasteiger partial charge in [-0.05, 0) is 62.6 Å². The minimum atomic E-state index is -0.236. The Morgan fingerprint density at radius 2 is 1.55 bits per heavy atom. The second-order valence-corrected chi connectivity index (χ2v) is 10.6. The van der Waals surface area contributed by atoms with Crippen molar-refractivity contribution in [2.75, 3.05) is 32.7 Å². The second-order valence-electron chi connectivity index (χ2n) is 10.2. The van der Waals surface area contributed by atoms with Gasteiger partial charge in [-0.2, -0.15) is 0 Å². The maximum atomic E-state index is 12.8. The van der Waals surface area contributed by atoms with Crippen LogP contribution in [0.2, 0.25) is 5.02 Å². The minimum absolute atomic E-state index is 0.188. The van der Waals surface area contributed by atoms with Crippen LogP contribution in [-0.2, 0) is 16.0 Å². The monoisotopic (exact) mass is 476 g/mol. The van der Waals surface area contributed by atoms with Gasteiger partial charge in [0, 0.05) is 56.3 Å². The van der Waals surface area contributed by atoms with E-state index in [2.05, 4.69) is 28.5 Å². The molecule has 2 aliphatic heterocycles. The number of benzene rings is 1. The highest BCUT2D eigenvalue weighted by molar-refractivity contribution is 6.30. The summed E-state index contributed by atoms with van der Waals surface area (Å²) in [6.45, 7) is 11.1. The number of piperidine rings is 2. The molecule has 0 unspecified atom stereocenters. The summed E-state index contributed by atoms with van der Waals surface area (Å²) < 4.78 is 0. The summed E-state index contributed by atoms with van der Waals surface area (Å²) in [6, 6.07) is 8.65. The van der Waals surface area contributed by atoms with Gasteiger partial charge in [-0.25, -0.2) is 0 Å². The Morgan fingerprint density at radius 3 is 2.06 bits per heavy atom. The number of nitrogens with zero attached hydrogens (tertiary/aromatic N) is 3. The second kappa shape index (κ2) is 12.2. The fourth-order valence-electron chi connectivity index (χ4n) is 5.31. The molecule has 2 saturated heterocycles. The molecule has 3 rings (SSSR count). The van der Waals surface area contributed by atoms with E-state index in [9.17, 15) is 9.59 Å². The molecule has 7 heteroatoms. The average Bonchev–Trinajstić information content (AvgIpc) is 2.81. The van der Waals surface area contributed by atoms with E-state index in [-0.39, 0.29) is 17.9 Å². The van der Waals surface area contributed by atoms with Gasteiger partial charge in [0.05, 0.1) is 6.04 Å². The number of carbonyl (C=O) groups excluding carboxylic acids is 2. The SMILES string of the molecule is CC(C)CN(C1CCN(C(=O)CCc2ccc(Cl)cc2)CC1)C1CCN([C@H](C)C(N)=O)CC1. The summed E-state index contributed by atoms with van der Waals surface area (Å²) >= 11 is 5.96. The molecular formula is C26H41ClN4O2. The quantitative estimate of drug-likeness (QED) is 0.591. The van der Waals surface area contributed by atoms with Crippen molar-refractivity contribution >= 4 is 23.4 Å². The summed E-state index contributed by atoms with van der Waals surface area (Å²) in [5.74, 6) is 0.625. The molecule has 2 heterocycles. The van der Waals surface area contributed by atoms with E-state index < -0.39 is 0 Å². The Kier molecular flexibility index (Phi) is 9.59. The lowest BCUT2D eigenvalue weighted by Gasteiger charge is -2.46. The van der Waals surface area contributed by atoms with Gasteiger partial charge in [0.1, 0.15) is 0 Å².